The molecule has 25 atom stereocenters. The van der Waals surface area contributed by atoms with Gasteiger partial charge in [0.25, 0.3) is 0 Å². The van der Waals surface area contributed by atoms with Crippen LogP contribution in [0.1, 0.15) is 93.4 Å². The number of fused-ring (bicyclic) bond motifs is 7. The van der Waals surface area contributed by atoms with Crippen LogP contribution < -0.4 is 0 Å². The van der Waals surface area contributed by atoms with Crippen molar-refractivity contribution >= 4 is 5.97 Å². The molecule has 0 spiro atoms. The van der Waals surface area contributed by atoms with E-state index in [2.05, 4.69) is 40.7 Å². The molecule has 0 amide bonds. The lowest BCUT2D eigenvalue weighted by Gasteiger charge is -2.72. The lowest BCUT2D eigenvalue weighted by molar-refractivity contribution is -0.386. The van der Waals surface area contributed by atoms with Gasteiger partial charge in [0.2, 0.25) is 0 Å². The molecule has 8 unspecified atom stereocenters. The molecule has 67 heavy (non-hydrogen) atoms. The van der Waals surface area contributed by atoms with Gasteiger partial charge in [0.05, 0.1) is 49.7 Å². The summed E-state index contributed by atoms with van der Waals surface area (Å²) in [6, 6.07) is 0. The molecule has 0 aromatic carbocycles. The summed E-state index contributed by atoms with van der Waals surface area (Å²) in [5.74, 6) is -1.90. The number of carbonyl (C=O) groups is 1. The summed E-state index contributed by atoms with van der Waals surface area (Å²) in [6.45, 7) is 12.8. The second-order valence-electron chi connectivity index (χ2n) is 23.3. The highest BCUT2D eigenvalue weighted by molar-refractivity contribution is 5.73. The summed E-state index contributed by atoms with van der Waals surface area (Å²) in [7, 11) is 0. The maximum atomic E-state index is 12.8. The van der Waals surface area contributed by atoms with Gasteiger partial charge in [-0.2, -0.15) is 0 Å². The summed E-state index contributed by atoms with van der Waals surface area (Å²) >= 11 is 0. The monoisotopic (exact) mass is 960 g/mol. The molecule has 20 nitrogen and oxygen atoms in total. The molecule has 0 aromatic heterocycles. The number of aliphatic hydroxyl groups is 12. The molecule has 0 radical (unpaired) electrons. The molecule has 0 bridgehead atoms. The van der Waals surface area contributed by atoms with E-state index in [-0.39, 0.29) is 28.6 Å². The van der Waals surface area contributed by atoms with E-state index >= 15 is 0 Å². The first-order valence-corrected chi connectivity index (χ1v) is 24.0. The highest BCUT2D eigenvalue weighted by atomic mass is 16.8. The summed E-state index contributed by atoms with van der Waals surface area (Å²) < 4.78 is 36.3. The van der Waals surface area contributed by atoms with Gasteiger partial charge in [-0.25, -0.2) is 4.79 Å². The van der Waals surface area contributed by atoms with Crippen LogP contribution in [0, 0.1) is 50.2 Å². The third-order valence-electron chi connectivity index (χ3n) is 19.3. The minimum absolute atomic E-state index is 0.00810. The molecule has 8 rings (SSSR count). The SMILES string of the molecule is CC1(C)CC2C3=CCC4[C@@]5(C)CC[C@H](O[C@@H]6OC(C(=O)O)[C@@H](O)[C@@H](O[C@@H]7O[C@@H](CO)[C@@H](O)C7O)C6O[C@@H]6OC(CO)[C@H](O)[C@@H](O)C6O)C(C)(C)C5CC[C@@]4(C)[C@]3(C)C[C@@H](O)[C@@]2(CO)[C@@H](O)[C@@H]1O. The molecule has 13 N–H and O–H groups in total. The van der Waals surface area contributed by atoms with Crippen LogP contribution in [0.2, 0.25) is 0 Å². The van der Waals surface area contributed by atoms with Gasteiger partial charge in [0.1, 0.15) is 61.0 Å². The Labute approximate surface area is 390 Å². The van der Waals surface area contributed by atoms with Gasteiger partial charge in [0, 0.05) is 0 Å². The van der Waals surface area contributed by atoms with E-state index in [9.17, 15) is 71.2 Å². The number of aliphatic hydroxyl groups excluding tert-OH is 12. The van der Waals surface area contributed by atoms with Gasteiger partial charge in [-0.1, -0.05) is 60.1 Å². The van der Waals surface area contributed by atoms with Gasteiger partial charge in [-0.15, -0.1) is 0 Å². The number of hydrogen-bond acceptors (Lipinski definition) is 19. The summed E-state index contributed by atoms with van der Waals surface area (Å²) in [4.78, 5) is 12.8. The van der Waals surface area contributed by atoms with Crippen molar-refractivity contribution in [3.63, 3.8) is 0 Å². The fourth-order valence-corrected chi connectivity index (χ4v) is 15.2. The topological polar surface area (TPSA) is 335 Å². The standard InChI is InChI=1S/C47H76O20/c1-42(2)14-20-19-8-9-24-44(5)12-11-26(43(3,4)23(44)10-13-45(24,6)46(19,7)15-25(51)47(20,18-50)37(59)36(42)58)64-41-35(67-40-31(56)29(54)27(52)21(16-48)62-40)33(32(57)34(66-41)38(60)61)65-39-30(55)28(53)22(17-49)63-39/h8,20-37,39-41,48-59H,9-18H2,1-7H3,(H,60,61)/t20?,21?,22-,23?,24?,25+,26-,27-,28+,29+,30?,31?,32-,33+,34?,35?,36-,37-,39-,40-,41+,44-,45+,46+,47-/m0/s1. The van der Waals surface area contributed by atoms with E-state index in [1.807, 2.05) is 13.8 Å². The average molecular weight is 961 g/mol. The number of aliphatic carboxylic acids is 1. The molecular formula is C47H76O20. The number of rotatable bonds is 10. The van der Waals surface area contributed by atoms with Crippen LogP contribution >= 0.6 is 0 Å². The van der Waals surface area contributed by atoms with Crippen molar-refractivity contribution in [3.05, 3.63) is 11.6 Å². The molecule has 384 valence electrons. The number of hydrogen-bond donors (Lipinski definition) is 13. The molecule has 8 aliphatic rings. The fourth-order valence-electron chi connectivity index (χ4n) is 15.2. The van der Waals surface area contributed by atoms with Crippen LogP contribution in [0.4, 0.5) is 0 Å². The van der Waals surface area contributed by atoms with Crippen molar-refractivity contribution in [2.24, 2.45) is 50.2 Å². The van der Waals surface area contributed by atoms with E-state index in [0.29, 0.717) is 32.1 Å². The molecule has 7 fully saturated rings. The summed E-state index contributed by atoms with van der Waals surface area (Å²) in [5, 5.41) is 141. The first kappa shape index (κ1) is 51.8. The smallest absolute Gasteiger partial charge is 0.335 e. The third-order valence-corrected chi connectivity index (χ3v) is 19.3. The molecule has 0 aromatic rings. The lowest BCUT2D eigenvalue weighted by atomic mass is 9.33. The quantitative estimate of drug-likeness (QED) is 0.0854. The van der Waals surface area contributed by atoms with E-state index in [0.717, 1.165) is 18.4 Å². The minimum Gasteiger partial charge on any atom is -0.479 e. The number of carboxylic acids is 1. The van der Waals surface area contributed by atoms with E-state index in [1.165, 1.54) is 0 Å². The van der Waals surface area contributed by atoms with Crippen molar-refractivity contribution in [2.75, 3.05) is 19.8 Å². The van der Waals surface area contributed by atoms with Crippen LogP contribution in [-0.4, -0.2) is 203 Å². The average Bonchev–Trinajstić information content (AvgIpc) is 3.53. The summed E-state index contributed by atoms with van der Waals surface area (Å²) in [5.41, 5.74) is -2.74. The molecule has 3 saturated heterocycles. The normalized spacial score (nSPS) is 54.8. The Balaban J connectivity index is 1.11. The summed E-state index contributed by atoms with van der Waals surface area (Å²) in [6.07, 6.45) is -22.7. The zero-order chi connectivity index (χ0) is 49.3. The van der Waals surface area contributed by atoms with Crippen LogP contribution in [-0.2, 0) is 33.2 Å². The molecule has 3 heterocycles. The first-order chi connectivity index (χ1) is 31.2. The van der Waals surface area contributed by atoms with Crippen molar-refractivity contribution in [1.29, 1.82) is 0 Å². The number of allylic oxidation sites excluding steroid dienone is 2. The van der Waals surface area contributed by atoms with Crippen LogP contribution in [0.3, 0.4) is 0 Å². The van der Waals surface area contributed by atoms with Crippen LogP contribution in [0.15, 0.2) is 11.6 Å². The van der Waals surface area contributed by atoms with Crippen LogP contribution in [0.25, 0.3) is 0 Å². The molecular weight excluding hydrogens is 884 g/mol. The maximum Gasteiger partial charge on any atom is 0.335 e. The van der Waals surface area contributed by atoms with E-state index < -0.39 is 158 Å². The Kier molecular flexibility index (Phi) is 13.9. The lowest BCUT2D eigenvalue weighted by Crippen LogP contribution is -2.71. The van der Waals surface area contributed by atoms with Crippen molar-refractivity contribution < 1.29 is 99.6 Å². The van der Waals surface area contributed by atoms with Crippen molar-refractivity contribution in [3.8, 4) is 0 Å². The van der Waals surface area contributed by atoms with Gasteiger partial charge < -0.3 is 94.8 Å². The van der Waals surface area contributed by atoms with E-state index in [1.54, 1.807) is 0 Å². The van der Waals surface area contributed by atoms with Crippen molar-refractivity contribution in [2.45, 2.75) is 204 Å². The molecule has 5 aliphatic carbocycles. The second-order valence-corrected chi connectivity index (χ2v) is 23.3. The highest BCUT2D eigenvalue weighted by Crippen LogP contribution is 2.76. The Bertz CT molecular complexity index is 1850. The Morgan fingerprint density at radius 2 is 1.24 bits per heavy atom. The molecule has 3 aliphatic heterocycles. The fraction of sp³-hybridized carbons (Fsp3) is 0.936. The second kappa shape index (κ2) is 17.9. The minimum atomic E-state index is -2.08. The predicted molar refractivity (Wildman–Crippen MR) is 229 cm³/mol. The van der Waals surface area contributed by atoms with Gasteiger partial charge in [-0.05, 0) is 89.8 Å². The predicted octanol–water partition coefficient (Wildman–Crippen LogP) is -1.74. The Morgan fingerprint density at radius 3 is 1.82 bits per heavy atom. The Hall–Kier alpha value is -1.51. The van der Waals surface area contributed by atoms with Gasteiger partial charge >= 0.3 is 5.97 Å². The zero-order valence-corrected chi connectivity index (χ0v) is 39.4. The molecule has 4 saturated carbocycles. The number of carboxylic acid groups (broad SMARTS) is 1. The van der Waals surface area contributed by atoms with Crippen molar-refractivity contribution in [1.82, 2.24) is 0 Å². The van der Waals surface area contributed by atoms with Gasteiger partial charge in [-0.3, -0.25) is 0 Å². The maximum absolute atomic E-state index is 12.8. The first-order valence-electron chi connectivity index (χ1n) is 24.0. The van der Waals surface area contributed by atoms with Gasteiger partial charge in [0.15, 0.2) is 25.0 Å². The third kappa shape index (κ3) is 7.65. The largest absolute Gasteiger partial charge is 0.479 e. The van der Waals surface area contributed by atoms with E-state index in [4.69, 9.17) is 28.4 Å². The molecule has 20 heteroatoms. The Morgan fingerprint density at radius 1 is 0.657 bits per heavy atom. The number of ether oxygens (including phenoxy) is 6. The zero-order valence-electron chi connectivity index (χ0n) is 39.4. The highest BCUT2D eigenvalue weighted by Gasteiger charge is 2.72. The van der Waals surface area contributed by atoms with Crippen LogP contribution in [0.5, 0.6) is 0 Å².